The highest BCUT2D eigenvalue weighted by atomic mass is 32.2. The average molecular weight is 440 g/mol. The molecule has 3 rings (SSSR count). The van der Waals surface area contributed by atoms with Gasteiger partial charge in [-0.3, -0.25) is 0 Å². The van der Waals surface area contributed by atoms with Crippen LogP contribution in [0, 0.1) is 0 Å². The molecule has 0 bridgehead atoms. The Morgan fingerprint density at radius 2 is 1.77 bits per heavy atom. The van der Waals surface area contributed by atoms with Crippen LogP contribution in [-0.2, 0) is 24.2 Å². The highest BCUT2D eigenvalue weighted by molar-refractivity contribution is 7.89. The topological polar surface area (TPSA) is 65.1 Å². The molecule has 0 amide bonds. The van der Waals surface area contributed by atoms with Crippen molar-refractivity contribution in [3.05, 3.63) is 29.8 Å². The predicted molar refractivity (Wildman–Crippen MR) is 117 cm³/mol. The second kappa shape index (κ2) is 10.1. The number of hydrogen-bond acceptors (Lipinski definition) is 5. The van der Waals surface area contributed by atoms with Gasteiger partial charge in [0.2, 0.25) is 10.0 Å². The van der Waals surface area contributed by atoms with Gasteiger partial charge in [0, 0.05) is 26.1 Å². The monoisotopic (exact) mass is 439 g/mol. The summed E-state index contributed by atoms with van der Waals surface area (Å²) in [5.74, 6) is 0.382. The number of sulfonamides is 1. The van der Waals surface area contributed by atoms with E-state index >= 15 is 0 Å². The largest absolute Gasteiger partial charge is 0.376 e. The average Bonchev–Trinajstić information content (AvgIpc) is 2.72. The van der Waals surface area contributed by atoms with E-state index in [-0.39, 0.29) is 17.8 Å². The maximum absolute atomic E-state index is 13.1. The molecule has 1 aromatic rings. The molecular formula is C23H37NO5S. The molecule has 0 saturated carbocycles. The third-order valence-corrected chi connectivity index (χ3v) is 8.07. The molecule has 1 spiro atoms. The number of rotatable bonds is 8. The lowest BCUT2D eigenvalue weighted by atomic mass is 9.84. The molecule has 6 nitrogen and oxygen atoms in total. The molecule has 1 unspecified atom stereocenters. The van der Waals surface area contributed by atoms with Gasteiger partial charge in [-0.05, 0) is 56.7 Å². The number of hydrogen-bond donors (Lipinski definition) is 0. The zero-order valence-corrected chi connectivity index (χ0v) is 19.6. The van der Waals surface area contributed by atoms with E-state index in [0.29, 0.717) is 56.6 Å². The summed E-state index contributed by atoms with van der Waals surface area (Å²) in [6.07, 6.45) is 3.49. The van der Waals surface area contributed by atoms with Gasteiger partial charge in [-0.15, -0.1) is 0 Å². The Hall–Kier alpha value is -0.990. The smallest absolute Gasteiger partial charge is 0.243 e. The lowest BCUT2D eigenvalue weighted by molar-refractivity contribution is -0.154. The third kappa shape index (κ3) is 5.82. The van der Waals surface area contributed by atoms with E-state index in [4.69, 9.17) is 14.2 Å². The van der Waals surface area contributed by atoms with Gasteiger partial charge in [0.05, 0.1) is 35.9 Å². The molecule has 2 aliphatic heterocycles. The number of nitrogens with zero attached hydrogens (tertiary/aromatic N) is 1. The zero-order valence-electron chi connectivity index (χ0n) is 18.8. The summed E-state index contributed by atoms with van der Waals surface area (Å²) in [7, 11) is -3.47. The van der Waals surface area contributed by atoms with Gasteiger partial charge < -0.3 is 14.2 Å². The van der Waals surface area contributed by atoms with Crippen LogP contribution in [0.2, 0.25) is 0 Å². The molecule has 0 aliphatic carbocycles. The van der Waals surface area contributed by atoms with Crippen molar-refractivity contribution in [3.63, 3.8) is 0 Å². The summed E-state index contributed by atoms with van der Waals surface area (Å²) in [4.78, 5) is 0.374. The quantitative estimate of drug-likeness (QED) is 0.574. The lowest BCUT2D eigenvalue weighted by Crippen LogP contribution is -2.52. The van der Waals surface area contributed by atoms with Crippen molar-refractivity contribution in [3.8, 4) is 0 Å². The first-order chi connectivity index (χ1) is 14.2. The molecule has 1 atom stereocenters. The van der Waals surface area contributed by atoms with E-state index in [1.165, 1.54) is 0 Å². The third-order valence-electron chi connectivity index (χ3n) is 6.15. The molecule has 7 heteroatoms. The van der Waals surface area contributed by atoms with Crippen molar-refractivity contribution >= 4 is 10.0 Å². The van der Waals surface area contributed by atoms with Crippen molar-refractivity contribution in [2.24, 2.45) is 0 Å². The van der Waals surface area contributed by atoms with Crippen LogP contribution in [0.3, 0.4) is 0 Å². The van der Waals surface area contributed by atoms with Gasteiger partial charge in [-0.1, -0.05) is 26.0 Å². The molecule has 0 radical (unpaired) electrons. The Labute approximate surface area is 181 Å². The van der Waals surface area contributed by atoms with Gasteiger partial charge in [-0.25, -0.2) is 8.42 Å². The van der Waals surface area contributed by atoms with Crippen LogP contribution in [0.25, 0.3) is 0 Å². The van der Waals surface area contributed by atoms with Gasteiger partial charge in [0.25, 0.3) is 0 Å². The van der Waals surface area contributed by atoms with E-state index in [2.05, 4.69) is 13.8 Å². The molecular weight excluding hydrogens is 402 g/mol. The molecule has 2 heterocycles. The van der Waals surface area contributed by atoms with Gasteiger partial charge in [-0.2, -0.15) is 4.31 Å². The van der Waals surface area contributed by atoms with E-state index in [0.717, 1.165) is 18.4 Å². The summed E-state index contributed by atoms with van der Waals surface area (Å²) in [6, 6.07) is 7.29. The number of piperidine rings is 1. The second-order valence-corrected chi connectivity index (χ2v) is 11.0. The van der Waals surface area contributed by atoms with Gasteiger partial charge in [0.1, 0.15) is 0 Å². The van der Waals surface area contributed by atoms with Crippen molar-refractivity contribution in [2.45, 2.75) is 82.0 Å². The van der Waals surface area contributed by atoms with E-state index in [1.807, 2.05) is 26.0 Å². The van der Waals surface area contributed by atoms with Crippen LogP contribution >= 0.6 is 0 Å². The Bertz CT molecular complexity index is 767. The standard InChI is InChI=1S/C23H37NO5S/c1-18(2)20-5-7-22(8-6-20)30(25,26)24-12-10-23(11-13-24)17-21(9-14-29-23)28-16-15-27-19(3)4/h5-8,18-19,21H,9-17H2,1-4H3. The minimum atomic E-state index is -3.47. The zero-order chi connectivity index (χ0) is 21.8. The summed E-state index contributed by atoms with van der Waals surface area (Å²) in [5.41, 5.74) is 0.877. The summed E-state index contributed by atoms with van der Waals surface area (Å²) in [6.45, 7) is 11.1. The first kappa shape index (κ1) is 23.7. The highest BCUT2D eigenvalue weighted by Gasteiger charge is 2.43. The molecule has 2 saturated heterocycles. The molecule has 0 N–H and O–H groups in total. The molecule has 170 valence electrons. The fourth-order valence-electron chi connectivity index (χ4n) is 4.28. The van der Waals surface area contributed by atoms with Gasteiger partial charge in [0.15, 0.2) is 0 Å². The van der Waals surface area contributed by atoms with Crippen LogP contribution in [0.15, 0.2) is 29.2 Å². The number of benzene rings is 1. The lowest BCUT2D eigenvalue weighted by Gasteiger charge is -2.45. The van der Waals surface area contributed by atoms with Gasteiger partial charge >= 0.3 is 0 Å². The Morgan fingerprint density at radius 3 is 2.37 bits per heavy atom. The molecule has 0 aromatic heterocycles. The van der Waals surface area contributed by atoms with Crippen LogP contribution in [0.1, 0.15) is 64.9 Å². The van der Waals surface area contributed by atoms with Crippen molar-refractivity contribution in [1.29, 1.82) is 0 Å². The van der Waals surface area contributed by atoms with E-state index in [9.17, 15) is 8.42 Å². The molecule has 2 aliphatic rings. The van der Waals surface area contributed by atoms with Crippen molar-refractivity contribution < 1.29 is 22.6 Å². The summed E-state index contributed by atoms with van der Waals surface area (Å²) >= 11 is 0. The van der Waals surface area contributed by atoms with E-state index in [1.54, 1.807) is 16.4 Å². The highest BCUT2D eigenvalue weighted by Crippen LogP contribution is 2.37. The van der Waals surface area contributed by atoms with Crippen molar-refractivity contribution in [2.75, 3.05) is 32.9 Å². The Morgan fingerprint density at radius 1 is 1.10 bits per heavy atom. The maximum Gasteiger partial charge on any atom is 0.243 e. The minimum absolute atomic E-state index is 0.154. The summed E-state index contributed by atoms with van der Waals surface area (Å²) < 4.78 is 45.5. The molecule has 30 heavy (non-hydrogen) atoms. The second-order valence-electron chi connectivity index (χ2n) is 9.06. The SMILES string of the molecule is CC(C)OCCOC1CCOC2(CCN(S(=O)(=O)c3ccc(C(C)C)cc3)CC2)C1. The maximum atomic E-state index is 13.1. The van der Waals surface area contributed by atoms with Crippen LogP contribution in [0.4, 0.5) is 0 Å². The molecule has 2 fully saturated rings. The first-order valence-electron chi connectivity index (χ1n) is 11.2. The van der Waals surface area contributed by atoms with Crippen molar-refractivity contribution in [1.82, 2.24) is 4.31 Å². The normalized spacial score (nSPS) is 22.8. The fraction of sp³-hybridized carbons (Fsp3) is 0.739. The first-order valence-corrected chi connectivity index (χ1v) is 12.6. The Kier molecular flexibility index (Phi) is 7.96. The Balaban J connectivity index is 1.55. The predicted octanol–water partition coefficient (Wildman–Crippen LogP) is 3.95. The molecule has 1 aromatic carbocycles. The van der Waals surface area contributed by atoms with Crippen LogP contribution in [0.5, 0.6) is 0 Å². The van der Waals surface area contributed by atoms with Crippen LogP contribution < -0.4 is 0 Å². The minimum Gasteiger partial charge on any atom is -0.376 e. The van der Waals surface area contributed by atoms with E-state index < -0.39 is 10.0 Å². The van der Waals surface area contributed by atoms with Crippen LogP contribution in [-0.4, -0.2) is 63.4 Å². The number of ether oxygens (including phenoxy) is 3. The summed E-state index contributed by atoms with van der Waals surface area (Å²) in [5, 5.41) is 0. The fourth-order valence-corrected chi connectivity index (χ4v) is 5.72.